The summed E-state index contributed by atoms with van der Waals surface area (Å²) in [7, 11) is 0. The number of nitrogens with one attached hydrogen (secondary N) is 1. The van der Waals surface area contributed by atoms with Crippen molar-refractivity contribution in [2.75, 3.05) is 26.3 Å². The second-order valence-corrected chi connectivity index (χ2v) is 8.91. The van der Waals surface area contributed by atoms with E-state index >= 15 is 0 Å². The SMILES string of the molecule is CCC(NC(=O)COc1cc(C(C)C)ccc1C)c1ccccc1OCC(=O)N1CCCC1. The zero-order valence-electron chi connectivity index (χ0n) is 20.2. The van der Waals surface area contributed by atoms with Gasteiger partial charge in [0.2, 0.25) is 0 Å². The molecule has 1 atom stereocenters. The number of benzene rings is 2. The third-order valence-electron chi connectivity index (χ3n) is 6.09. The van der Waals surface area contributed by atoms with Crippen molar-refractivity contribution in [1.82, 2.24) is 10.2 Å². The molecular weight excluding hydrogens is 416 g/mol. The molecule has 33 heavy (non-hydrogen) atoms. The first-order valence-electron chi connectivity index (χ1n) is 11.9. The van der Waals surface area contributed by atoms with Gasteiger partial charge in [-0.1, -0.05) is 51.1 Å². The Bertz CT molecular complexity index is 951. The van der Waals surface area contributed by atoms with E-state index in [9.17, 15) is 9.59 Å². The number of hydrogen-bond donors (Lipinski definition) is 1. The maximum absolute atomic E-state index is 12.7. The van der Waals surface area contributed by atoms with E-state index in [1.54, 1.807) is 0 Å². The number of hydrogen-bond acceptors (Lipinski definition) is 4. The van der Waals surface area contributed by atoms with Gasteiger partial charge in [0.05, 0.1) is 6.04 Å². The maximum atomic E-state index is 12.7. The van der Waals surface area contributed by atoms with Crippen molar-refractivity contribution in [2.45, 2.75) is 58.9 Å². The standard InChI is InChI=1S/C27H36N2O4/c1-5-23(28-26(30)17-32-25-16-21(19(2)3)13-12-20(25)4)22-10-6-7-11-24(22)33-18-27(31)29-14-8-9-15-29/h6-7,10-13,16,19,23H,5,8-9,14-15,17-18H2,1-4H3,(H,28,30). The van der Waals surface area contributed by atoms with Gasteiger partial charge < -0.3 is 19.7 Å². The summed E-state index contributed by atoms with van der Waals surface area (Å²) in [5, 5.41) is 3.05. The summed E-state index contributed by atoms with van der Waals surface area (Å²) in [6, 6.07) is 13.4. The molecule has 6 nitrogen and oxygen atoms in total. The Morgan fingerprint density at radius 1 is 1.00 bits per heavy atom. The lowest BCUT2D eigenvalue weighted by molar-refractivity contribution is -0.132. The molecule has 1 heterocycles. The van der Waals surface area contributed by atoms with Crippen LogP contribution in [-0.2, 0) is 9.59 Å². The third kappa shape index (κ3) is 6.73. The Labute approximate surface area is 197 Å². The highest BCUT2D eigenvalue weighted by atomic mass is 16.5. The summed E-state index contributed by atoms with van der Waals surface area (Å²) in [5.74, 6) is 1.55. The van der Waals surface area contributed by atoms with Crippen LogP contribution in [0.5, 0.6) is 11.5 Å². The first kappa shape index (κ1) is 24.6. The van der Waals surface area contributed by atoms with Gasteiger partial charge in [0.25, 0.3) is 11.8 Å². The predicted molar refractivity (Wildman–Crippen MR) is 130 cm³/mol. The Hall–Kier alpha value is -3.02. The minimum Gasteiger partial charge on any atom is -0.483 e. The molecule has 1 aliphatic heterocycles. The third-order valence-corrected chi connectivity index (χ3v) is 6.09. The molecular formula is C27H36N2O4. The minimum atomic E-state index is -0.234. The van der Waals surface area contributed by atoms with Crippen molar-refractivity contribution >= 4 is 11.8 Å². The van der Waals surface area contributed by atoms with Gasteiger partial charge in [0.15, 0.2) is 13.2 Å². The van der Waals surface area contributed by atoms with Crippen LogP contribution >= 0.6 is 0 Å². The van der Waals surface area contributed by atoms with Crippen molar-refractivity contribution in [2.24, 2.45) is 0 Å². The van der Waals surface area contributed by atoms with Gasteiger partial charge in [-0.2, -0.15) is 0 Å². The molecule has 1 N–H and O–H groups in total. The van der Waals surface area contributed by atoms with Crippen molar-refractivity contribution in [3.63, 3.8) is 0 Å². The van der Waals surface area contributed by atoms with Crippen LogP contribution in [0.4, 0.5) is 0 Å². The molecule has 1 unspecified atom stereocenters. The number of carbonyl (C=O) groups excluding carboxylic acids is 2. The summed E-state index contributed by atoms with van der Waals surface area (Å²) < 4.78 is 11.7. The lowest BCUT2D eigenvalue weighted by atomic mass is 10.0. The fraction of sp³-hybridized carbons (Fsp3) is 0.481. The molecule has 0 saturated carbocycles. The molecule has 178 valence electrons. The summed E-state index contributed by atoms with van der Waals surface area (Å²) in [5.41, 5.74) is 3.04. The van der Waals surface area contributed by atoms with Crippen LogP contribution in [0.3, 0.4) is 0 Å². The van der Waals surface area contributed by atoms with E-state index in [4.69, 9.17) is 9.47 Å². The molecule has 1 fully saturated rings. The smallest absolute Gasteiger partial charge is 0.260 e. The minimum absolute atomic E-state index is 0.00628. The van der Waals surface area contributed by atoms with Crippen LogP contribution < -0.4 is 14.8 Å². The van der Waals surface area contributed by atoms with E-state index in [1.165, 1.54) is 5.56 Å². The van der Waals surface area contributed by atoms with Crippen molar-refractivity contribution < 1.29 is 19.1 Å². The summed E-state index contributed by atoms with van der Waals surface area (Å²) in [6.07, 6.45) is 2.79. The molecule has 1 saturated heterocycles. The number of amides is 2. The molecule has 0 aliphatic carbocycles. The fourth-order valence-electron chi connectivity index (χ4n) is 4.01. The van der Waals surface area contributed by atoms with Gasteiger partial charge in [0.1, 0.15) is 11.5 Å². The number of nitrogens with zero attached hydrogens (tertiary/aromatic N) is 1. The normalized spacial score (nSPS) is 14.3. The largest absolute Gasteiger partial charge is 0.483 e. The van der Waals surface area contributed by atoms with Crippen LogP contribution in [0, 0.1) is 6.92 Å². The highest BCUT2D eigenvalue weighted by Crippen LogP contribution is 2.28. The van der Waals surface area contributed by atoms with Gasteiger partial charge in [0, 0.05) is 18.7 Å². The fourth-order valence-corrected chi connectivity index (χ4v) is 4.01. The lowest BCUT2D eigenvalue weighted by Gasteiger charge is -2.22. The predicted octanol–water partition coefficient (Wildman–Crippen LogP) is 4.77. The Kier molecular flexibility index (Phi) is 8.75. The summed E-state index contributed by atoms with van der Waals surface area (Å²) in [6.45, 7) is 9.80. The van der Waals surface area contributed by atoms with Crippen molar-refractivity contribution in [3.8, 4) is 11.5 Å². The van der Waals surface area contributed by atoms with Crippen molar-refractivity contribution in [1.29, 1.82) is 0 Å². The van der Waals surface area contributed by atoms with Gasteiger partial charge in [-0.05, 0) is 55.4 Å². The maximum Gasteiger partial charge on any atom is 0.260 e. The van der Waals surface area contributed by atoms with E-state index in [-0.39, 0.29) is 31.1 Å². The van der Waals surface area contributed by atoms with Crippen LogP contribution in [0.1, 0.15) is 68.7 Å². The van der Waals surface area contributed by atoms with Gasteiger partial charge in [-0.25, -0.2) is 0 Å². The molecule has 0 radical (unpaired) electrons. The summed E-state index contributed by atoms with van der Waals surface area (Å²) >= 11 is 0. The first-order chi connectivity index (χ1) is 15.9. The number of likely N-dealkylation sites (tertiary alicyclic amines) is 1. The van der Waals surface area contributed by atoms with Gasteiger partial charge >= 0.3 is 0 Å². The van der Waals surface area contributed by atoms with Crippen LogP contribution in [0.2, 0.25) is 0 Å². The molecule has 1 aliphatic rings. The van der Waals surface area contributed by atoms with Crippen molar-refractivity contribution in [3.05, 3.63) is 59.2 Å². The highest BCUT2D eigenvalue weighted by molar-refractivity contribution is 5.79. The Morgan fingerprint density at radius 3 is 2.39 bits per heavy atom. The van der Waals surface area contributed by atoms with E-state index in [2.05, 4.69) is 25.2 Å². The molecule has 2 amide bonds. The second kappa shape index (κ2) is 11.7. The molecule has 2 aromatic carbocycles. The lowest BCUT2D eigenvalue weighted by Crippen LogP contribution is -2.34. The molecule has 2 aromatic rings. The average Bonchev–Trinajstić information content (AvgIpc) is 3.36. The quantitative estimate of drug-likeness (QED) is 0.564. The number of aryl methyl sites for hydroxylation is 1. The molecule has 0 bridgehead atoms. The topological polar surface area (TPSA) is 67.9 Å². The van der Waals surface area contributed by atoms with Gasteiger partial charge in [-0.3, -0.25) is 9.59 Å². The van der Waals surface area contributed by atoms with E-state index in [0.717, 1.165) is 42.8 Å². The Balaban J connectivity index is 1.60. The van der Waals surface area contributed by atoms with E-state index < -0.39 is 0 Å². The molecule has 3 rings (SSSR count). The van der Waals surface area contributed by atoms with Crippen LogP contribution in [-0.4, -0.2) is 43.0 Å². The second-order valence-electron chi connectivity index (χ2n) is 8.91. The zero-order chi connectivity index (χ0) is 23.8. The van der Waals surface area contributed by atoms with Crippen LogP contribution in [0.25, 0.3) is 0 Å². The number of para-hydroxylation sites is 1. The highest BCUT2D eigenvalue weighted by Gasteiger charge is 2.21. The average molecular weight is 453 g/mol. The number of ether oxygens (including phenoxy) is 2. The molecule has 0 aromatic heterocycles. The van der Waals surface area contributed by atoms with Gasteiger partial charge in [-0.15, -0.1) is 0 Å². The van der Waals surface area contributed by atoms with E-state index in [0.29, 0.717) is 18.1 Å². The molecule has 0 spiro atoms. The monoisotopic (exact) mass is 452 g/mol. The Morgan fingerprint density at radius 2 is 1.70 bits per heavy atom. The number of rotatable bonds is 10. The summed E-state index contributed by atoms with van der Waals surface area (Å²) in [4.78, 5) is 26.9. The molecule has 6 heteroatoms. The number of carbonyl (C=O) groups is 2. The first-order valence-corrected chi connectivity index (χ1v) is 11.9. The van der Waals surface area contributed by atoms with Crippen LogP contribution in [0.15, 0.2) is 42.5 Å². The zero-order valence-corrected chi connectivity index (χ0v) is 20.2. The van der Waals surface area contributed by atoms with E-state index in [1.807, 2.05) is 55.1 Å².